The first-order valence-corrected chi connectivity index (χ1v) is 7.26. The highest BCUT2D eigenvalue weighted by Gasteiger charge is 2.14. The van der Waals surface area contributed by atoms with Crippen LogP contribution in [0, 0.1) is 18.3 Å². The van der Waals surface area contributed by atoms with Gasteiger partial charge in [0, 0.05) is 29.1 Å². The lowest BCUT2D eigenvalue weighted by Crippen LogP contribution is -2.00. The smallest absolute Gasteiger partial charge is 0.316 e. The van der Waals surface area contributed by atoms with Gasteiger partial charge in [-0.05, 0) is 13.0 Å². The fraction of sp³-hybridized carbons (Fsp3) is 0.111. The number of aryl methyl sites for hydroxylation is 1. The number of nitrogens with two attached hydrogens (primary N) is 1. The second kappa shape index (κ2) is 6.34. The van der Waals surface area contributed by atoms with Crippen molar-refractivity contribution in [2.75, 3.05) is 12.8 Å². The van der Waals surface area contributed by atoms with Gasteiger partial charge in [0.15, 0.2) is 0 Å². The number of nitriles is 1. The summed E-state index contributed by atoms with van der Waals surface area (Å²) in [6, 6.07) is 12.1. The summed E-state index contributed by atoms with van der Waals surface area (Å²) in [4.78, 5) is 12.5. The van der Waals surface area contributed by atoms with Crippen LogP contribution in [0.1, 0.15) is 11.1 Å². The quantitative estimate of drug-likeness (QED) is 0.797. The molecule has 0 aliphatic heterocycles. The van der Waals surface area contributed by atoms with E-state index in [9.17, 15) is 5.26 Å². The minimum absolute atomic E-state index is 0.182. The van der Waals surface area contributed by atoms with Crippen LogP contribution in [-0.2, 0) is 0 Å². The molecule has 118 valence electrons. The maximum absolute atomic E-state index is 9.42. The lowest BCUT2D eigenvalue weighted by molar-refractivity contribution is 0.380. The number of hydrogen-bond acceptors (Lipinski definition) is 6. The Balaban J connectivity index is 2.16. The van der Waals surface area contributed by atoms with Crippen molar-refractivity contribution in [1.82, 2.24) is 15.0 Å². The zero-order chi connectivity index (χ0) is 17.1. The summed E-state index contributed by atoms with van der Waals surface area (Å²) < 4.78 is 4.97. The van der Waals surface area contributed by atoms with Crippen molar-refractivity contribution >= 4 is 5.82 Å². The van der Waals surface area contributed by atoms with E-state index in [0.29, 0.717) is 22.4 Å². The Labute approximate surface area is 139 Å². The Hall–Kier alpha value is -3.46. The zero-order valence-corrected chi connectivity index (χ0v) is 13.3. The van der Waals surface area contributed by atoms with Gasteiger partial charge in [0.1, 0.15) is 17.5 Å². The molecule has 24 heavy (non-hydrogen) atoms. The van der Waals surface area contributed by atoms with E-state index < -0.39 is 0 Å². The third kappa shape index (κ3) is 2.88. The Bertz CT molecular complexity index is 912. The molecule has 0 atom stereocenters. The molecule has 6 heteroatoms. The van der Waals surface area contributed by atoms with E-state index in [1.54, 1.807) is 12.4 Å². The highest BCUT2D eigenvalue weighted by atomic mass is 16.5. The molecule has 0 unspecified atom stereocenters. The molecule has 0 saturated carbocycles. The van der Waals surface area contributed by atoms with Crippen LogP contribution in [0.2, 0.25) is 0 Å². The standard InChI is InChI=1S/C18H15N5O/c1-11-3-5-12(6-4-11)16-7-14(15(8-19)17(20)23-16)13-9-21-18(24-2)22-10-13/h3-7,9-10H,1-2H3,(H2,20,23). The normalized spacial score (nSPS) is 10.2. The van der Waals surface area contributed by atoms with Gasteiger partial charge in [0.05, 0.1) is 12.8 Å². The summed E-state index contributed by atoms with van der Waals surface area (Å²) in [6.45, 7) is 2.02. The highest BCUT2D eigenvalue weighted by molar-refractivity contribution is 5.79. The van der Waals surface area contributed by atoms with Crippen LogP contribution in [0.3, 0.4) is 0 Å². The molecule has 1 aromatic carbocycles. The average molecular weight is 317 g/mol. The molecule has 0 bridgehead atoms. The van der Waals surface area contributed by atoms with Gasteiger partial charge < -0.3 is 10.5 Å². The van der Waals surface area contributed by atoms with Crippen molar-refractivity contribution in [3.63, 3.8) is 0 Å². The Kier molecular flexibility index (Phi) is 4.08. The van der Waals surface area contributed by atoms with Gasteiger partial charge in [-0.3, -0.25) is 0 Å². The number of ether oxygens (including phenoxy) is 1. The number of methoxy groups -OCH3 is 1. The Morgan fingerprint density at radius 1 is 1.08 bits per heavy atom. The van der Waals surface area contributed by atoms with Crippen LogP contribution in [0.25, 0.3) is 22.4 Å². The number of rotatable bonds is 3. The molecule has 3 aromatic rings. The predicted octanol–water partition coefficient (Wildman–Crippen LogP) is 2.98. The predicted molar refractivity (Wildman–Crippen MR) is 91.1 cm³/mol. The first-order chi connectivity index (χ1) is 11.6. The van der Waals surface area contributed by atoms with Gasteiger partial charge in [-0.2, -0.15) is 5.26 Å². The van der Waals surface area contributed by atoms with Crippen LogP contribution in [-0.4, -0.2) is 22.1 Å². The summed E-state index contributed by atoms with van der Waals surface area (Å²) in [5, 5.41) is 9.42. The van der Waals surface area contributed by atoms with Gasteiger partial charge in [-0.15, -0.1) is 0 Å². The number of nitrogen functional groups attached to an aromatic ring is 1. The average Bonchev–Trinajstić information content (AvgIpc) is 2.61. The topological polar surface area (TPSA) is 97.7 Å². The molecule has 0 aliphatic carbocycles. The van der Waals surface area contributed by atoms with E-state index in [-0.39, 0.29) is 11.8 Å². The summed E-state index contributed by atoms with van der Waals surface area (Å²) in [5.74, 6) is 0.182. The van der Waals surface area contributed by atoms with Gasteiger partial charge >= 0.3 is 6.01 Å². The molecule has 0 spiro atoms. The van der Waals surface area contributed by atoms with Crippen LogP contribution in [0.15, 0.2) is 42.7 Å². The van der Waals surface area contributed by atoms with E-state index in [1.807, 2.05) is 37.3 Å². The lowest BCUT2D eigenvalue weighted by Gasteiger charge is -2.10. The van der Waals surface area contributed by atoms with Crippen LogP contribution >= 0.6 is 0 Å². The Morgan fingerprint density at radius 2 is 1.75 bits per heavy atom. The third-order valence-corrected chi connectivity index (χ3v) is 3.63. The number of aromatic nitrogens is 3. The zero-order valence-electron chi connectivity index (χ0n) is 13.3. The van der Waals surface area contributed by atoms with Crippen molar-refractivity contribution in [2.45, 2.75) is 6.92 Å². The Morgan fingerprint density at radius 3 is 2.33 bits per heavy atom. The maximum Gasteiger partial charge on any atom is 0.316 e. The van der Waals surface area contributed by atoms with Crippen LogP contribution in [0.4, 0.5) is 5.82 Å². The number of anilines is 1. The summed E-state index contributed by atoms with van der Waals surface area (Å²) in [5.41, 5.74) is 10.4. The van der Waals surface area contributed by atoms with Crippen molar-refractivity contribution in [3.05, 3.63) is 53.9 Å². The SMILES string of the molecule is COc1ncc(-c2cc(-c3ccc(C)cc3)nc(N)c2C#N)cn1. The van der Waals surface area contributed by atoms with Crippen molar-refractivity contribution in [3.8, 4) is 34.5 Å². The number of benzene rings is 1. The van der Waals surface area contributed by atoms with E-state index in [0.717, 1.165) is 11.1 Å². The molecule has 0 radical (unpaired) electrons. The molecular formula is C18H15N5O. The first kappa shape index (κ1) is 15.4. The van der Waals surface area contributed by atoms with E-state index >= 15 is 0 Å². The molecule has 6 nitrogen and oxygen atoms in total. The lowest BCUT2D eigenvalue weighted by atomic mass is 10.00. The summed E-state index contributed by atoms with van der Waals surface area (Å²) in [7, 11) is 1.50. The molecule has 0 fully saturated rings. The fourth-order valence-electron chi connectivity index (χ4n) is 2.34. The number of hydrogen-bond donors (Lipinski definition) is 1. The molecule has 2 aromatic heterocycles. The van der Waals surface area contributed by atoms with Crippen molar-refractivity contribution in [2.24, 2.45) is 0 Å². The molecular weight excluding hydrogens is 302 g/mol. The number of pyridine rings is 1. The molecule has 3 rings (SSSR count). The second-order valence-corrected chi connectivity index (χ2v) is 5.25. The second-order valence-electron chi connectivity index (χ2n) is 5.25. The summed E-state index contributed by atoms with van der Waals surface area (Å²) >= 11 is 0. The van der Waals surface area contributed by atoms with Gasteiger partial charge in [0.25, 0.3) is 0 Å². The minimum atomic E-state index is 0.182. The molecule has 0 saturated heterocycles. The van der Waals surface area contributed by atoms with E-state index in [1.165, 1.54) is 7.11 Å². The minimum Gasteiger partial charge on any atom is -0.467 e. The monoisotopic (exact) mass is 317 g/mol. The first-order valence-electron chi connectivity index (χ1n) is 7.26. The molecule has 2 N–H and O–H groups in total. The van der Waals surface area contributed by atoms with E-state index in [4.69, 9.17) is 10.5 Å². The van der Waals surface area contributed by atoms with Crippen LogP contribution < -0.4 is 10.5 Å². The highest BCUT2D eigenvalue weighted by Crippen LogP contribution is 2.30. The van der Waals surface area contributed by atoms with Gasteiger partial charge in [-0.25, -0.2) is 15.0 Å². The fourth-order valence-corrected chi connectivity index (χ4v) is 2.34. The van der Waals surface area contributed by atoms with Gasteiger partial charge in [-0.1, -0.05) is 29.8 Å². The number of nitrogens with zero attached hydrogens (tertiary/aromatic N) is 4. The van der Waals surface area contributed by atoms with Crippen molar-refractivity contribution in [1.29, 1.82) is 5.26 Å². The molecule has 0 aliphatic rings. The third-order valence-electron chi connectivity index (χ3n) is 3.63. The van der Waals surface area contributed by atoms with Crippen LogP contribution in [0.5, 0.6) is 6.01 Å². The van der Waals surface area contributed by atoms with E-state index in [2.05, 4.69) is 21.0 Å². The largest absolute Gasteiger partial charge is 0.467 e. The molecule has 0 amide bonds. The molecule has 2 heterocycles. The maximum atomic E-state index is 9.42. The van der Waals surface area contributed by atoms with Crippen molar-refractivity contribution < 1.29 is 4.74 Å². The summed E-state index contributed by atoms with van der Waals surface area (Å²) in [6.07, 6.45) is 3.20. The van der Waals surface area contributed by atoms with Gasteiger partial charge in [0.2, 0.25) is 0 Å².